The van der Waals surface area contributed by atoms with Crippen LogP contribution in [0.3, 0.4) is 0 Å². The van der Waals surface area contributed by atoms with Crippen LogP contribution in [0.25, 0.3) is 10.8 Å². The molecule has 240 valence electrons. The van der Waals surface area contributed by atoms with Crippen molar-refractivity contribution in [3.8, 4) is 5.75 Å². The number of carbonyl (C=O) groups excluding carboxylic acids is 3. The van der Waals surface area contributed by atoms with Gasteiger partial charge in [0, 0.05) is 19.9 Å². The van der Waals surface area contributed by atoms with Crippen molar-refractivity contribution in [2.45, 2.75) is 51.2 Å². The van der Waals surface area contributed by atoms with Gasteiger partial charge in [-0.3, -0.25) is 14.4 Å². The van der Waals surface area contributed by atoms with E-state index in [1.165, 1.54) is 19.2 Å². The van der Waals surface area contributed by atoms with E-state index in [0.29, 0.717) is 16.7 Å². The van der Waals surface area contributed by atoms with Gasteiger partial charge in [-0.2, -0.15) is 0 Å². The summed E-state index contributed by atoms with van der Waals surface area (Å²) >= 11 is 0. The molecule has 3 amide bonds. The molecule has 0 aliphatic rings. The van der Waals surface area contributed by atoms with E-state index in [2.05, 4.69) is 10.6 Å². The number of aromatic hydroxyl groups is 1. The van der Waals surface area contributed by atoms with Gasteiger partial charge >= 0.3 is 5.97 Å². The van der Waals surface area contributed by atoms with Gasteiger partial charge in [0.05, 0.1) is 12.6 Å². The number of aliphatic carboxylic acids is 1. The van der Waals surface area contributed by atoms with Gasteiger partial charge in [-0.1, -0.05) is 72.8 Å². The Morgan fingerprint density at radius 1 is 0.761 bits per heavy atom. The minimum Gasteiger partial charge on any atom is -0.508 e. The number of nitrogens with zero attached hydrogens (tertiary/aromatic N) is 1. The number of nitrogens with two attached hydrogens (primary N) is 1. The van der Waals surface area contributed by atoms with Crippen molar-refractivity contribution in [2.24, 2.45) is 5.73 Å². The monoisotopic (exact) mass is 624 g/mol. The molecule has 0 heterocycles. The van der Waals surface area contributed by atoms with E-state index >= 15 is 0 Å². The van der Waals surface area contributed by atoms with E-state index < -0.39 is 48.4 Å². The maximum Gasteiger partial charge on any atom is 0.326 e. The summed E-state index contributed by atoms with van der Waals surface area (Å²) in [6.07, 6.45) is 0.424. The Morgan fingerprint density at radius 3 is 2.04 bits per heavy atom. The lowest BCUT2D eigenvalue weighted by atomic mass is 9.96. The molecule has 0 saturated heterocycles. The Morgan fingerprint density at radius 2 is 1.39 bits per heavy atom. The van der Waals surface area contributed by atoms with E-state index in [1.807, 2.05) is 72.8 Å². The van der Waals surface area contributed by atoms with E-state index in [-0.39, 0.29) is 25.0 Å². The van der Waals surface area contributed by atoms with Crippen LogP contribution in [0.1, 0.15) is 27.8 Å². The zero-order valence-electron chi connectivity index (χ0n) is 26.2. The number of hydrogen-bond donors (Lipinski definition) is 5. The van der Waals surface area contributed by atoms with Gasteiger partial charge in [0.15, 0.2) is 0 Å². The fourth-order valence-corrected chi connectivity index (χ4v) is 5.54. The second-order valence-electron chi connectivity index (χ2n) is 11.7. The molecule has 0 bridgehead atoms. The summed E-state index contributed by atoms with van der Waals surface area (Å²) < 4.78 is 0. The number of phenols is 1. The van der Waals surface area contributed by atoms with Crippen LogP contribution in [-0.2, 0) is 38.4 Å². The third kappa shape index (κ3) is 8.92. The number of amides is 3. The summed E-state index contributed by atoms with van der Waals surface area (Å²) in [4.78, 5) is 53.1. The van der Waals surface area contributed by atoms with Crippen LogP contribution >= 0.6 is 0 Å². The first kappa shape index (κ1) is 33.7. The predicted molar refractivity (Wildman–Crippen MR) is 176 cm³/mol. The number of fused-ring (bicyclic) bond motifs is 1. The summed E-state index contributed by atoms with van der Waals surface area (Å²) in [5, 5.41) is 27.0. The zero-order valence-corrected chi connectivity index (χ0v) is 26.2. The van der Waals surface area contributed by atoms with Gasteiger partial charge in [0.1, 0.15) is 17.8 Å². The number of phenolic OH excluding ortho intramolecular Hbond substituents is 1. The molecular weight excluding hydrogens is 584 g/mol. The summed E-state index contributed by atoms with van der Waals surface area (Å²) in [6, 6.07) is 22.8. The Kier molecular flexibility index (Phi) is 11.1. The van der Waals surface area contributed by atoms with Gasteiger partial charge in [-0.15, -0.1) is 0 Å². The van der Waals surface area contributed by atoms with Crippen molar-refractivity contribution in [3.05, 3.63) is 113 Å². The lowest BCUT2D eigenvalue weighted by Crippen LogP contribution is -2.55. The van der Waals surface area contributed by atoms with E-state index in [4.69, 9.17) is 5.73 Å². The Balaban J connectivity index is 1.43. The van der Waals surface area contributed by atoms with Gasteiger partial charge in [-0.25, -0.2) is 4.79 Å². The van der Waals surface area contributed by atoms with Crippen LogP contribution in [0.15, 0.2) is 84.9 Å². The smallest absolute Gasteiger partial charge is 0.326 e. The lowest BCUT2D eigenvalue weighted by molar-refractivity contribution is -0.143. The SMILES string of the molecule is Cc1cc(O)cc(C)c1C[C@H](NC(=O)CN(C)C(=O)[C@H](Cc1ccccc1)NC(=O)[C@H](N)Cc1ccc2ccccc2c1)C(=O)O. The van der Waals surface area contributed by atoms with Crippen LogP contribution in [-0.4, -0.2) is 70.5 Å². The van der Waals surface area contributed by atoms with Crippen molar-refractivity contribution in [2.75, 3.05) is 13.6 Å². The summed E-state index contributed by atoms with van der Waals surface area (Å²) in [5.41, 5.74) is 10.1. The Labute approximate surface area is 268 Å². The molecule has 0 aliphatic heterocycles. The standard InChI is InChI=1S/C36H40N4O6/c1-22-15-28(41)16-23(2)29(22)20-32(36(45)46)38-33(42)21-40(3)35(44)31(19-24-9-5-4-6-10-24)39-34(43)30(37)18-25-13-14-26-11-7-8-12-27(26)17-25/h4-17,30-32,41H,18-21,37H2,1-3H3,(H,38,42)(H,39,43)(H,45,46)/t30-,31+,32+/m1/s1. The van der Waals surface area contributed by atoms with E-state index in [0.717, 1.165) is 26.8 Å². The zero-order chi connectivity index (χ0) is 33.4. The Hall–Kier alpha value is -5.22. The number of nitrogens with one attached hydrogen (secondary N) is 2. The first-order valence-corrected chi connectivity index (χ1v) is 15.0. The fraction of sp³-hybridized carbons (Fsp3) is 0.278. The van der Waals surface area contributed by atoms with Crippen molar-refractivity contribution < 1.29 is 29.4 Å². The molecule has 4 rings (SSSR count). The van der Waals surface area contributed by atoms with E-state index in [1.54, 1.807) is 13.8 Å². The first-order valence-electron chi connectivity index (χ1n) is 15.0. The van der Waals surface area contributed by atoms with Gasteiger partial charge in [0.2, 0.25) is 17.7 Å². The maximum absolute atomic E-state index is 13.6. The third-order valence-electron chi connectivity index (χ3n) is 7.98. The third-order valence-corrected chi connectivity index (χ3v) is 7.98. The molecule has 10 heteroatoms. The van der Waals surface area contributed by atoms with Crippen molar-refractivity contribution in [1.82, 2.24) is 15.5 Å². The van der Waals surface area contributed by atoms with Gasteiger partial charge < -0.3 is 31.5 Å². The maximum atomic E-state index is 13.6. The molecule has 4 aromatic rings. The molecule has 0 unspecified atom stereocenters. The van der Waals surface area contributed by atoms with Crippen molar-refractivity contribution in [3.63, 3.8) is 0 Å². The van der Waals surface area contributed by atoms with Crippen LogP contribution in [0, 0.1) is 13.8 Å². The highest BCUT2D eigenvalue weighted by molar-refractivity contribution is 5.93. The minimum atomic E-state index is -1.26. The van der Waals surface area contributed by atoms with Crippen LogP contribution < -0.4 is 16.4 Å². The normalized spacial score (nSPS) is 13.0. The average Bonchev–Trinajstić information content (AvgIpc) is 3.01. The second-order valence-corrected chi connectivity index (χ2v) is 11.7. The number of carboxylic acids is 1. The summed E-state index contributed by atoms with van der Waals surface area (Å²) in [6.45, 7) is 3.08. The van der Waals surface area contributed by atoms with Gasteiger partial charge in [0.25, 0.3) is 0 Å². The highest BCUT2D eigenvalue weighted by Crippen LogP contribution is 2.22. The number of carboxylic acid groups (broad SMARTS) is 1. The first-order chi connectivity index (χ1) is 21.9. The number of likely N-dealkylation sites (N-methyl/N-ethyl adjacent to an activating group) is 1. The molecule has 3 atom stereocenters. The fourth-order valence-electron chi connectivity index (χ4n) is 5.54. The predicted octanol–water partition coefficient (Wildman–Crippen LogP) is 3.03. The van der Waals surface area contributed by atoms with Crippen molar-refractivity contribution in [1.29, 1.82) is 0 Å². The molecule has 0 aliphatic carbocycles. The molecule has 10 nitrogen and oxygen atoms in total. The molecule has 0 aromatic heterocycles. The number of hydrogen-bond acceptors (Lipinski definition) is 6. The molecule has 0 saturated carbocycles. The molecular formula is C36H40N4O6. The molecule has 0 fully saturated rings. The highest BCUT2D eigenvalue weighted by atomic mass is 16.4. The second kappa shape index (κ2) is 15.2. The topological polar surface area (TPSA) is 162 Å². The van der Waals surface area contributed by atoms with Gasteiger partial charge in [-0.05, 0) is 71.0 Å². The van der Waals surface area contributed by atoms with Crippen LogP contribution in [0.4, 0.5) is 0 Å². The van der Waals surface area contributed by atoms with Crippen molar-refractivity contribution >= 4 is 34.5 Å². The number of benzene rings is 4. The Bertz CT molecular complexity index is 1700. The molecule has 0 radical (unpaired) electrons. The van der Waals surface area contributed by atoms with Crippen LogP contribution in [0.5, 0.6) is 5.75 Å². The number of carbonyl (C=O) groups is 4. The lowest BCUT2D eigenvalue weighted by Gasteiger charge is -2.26. The molecule has 6 N–H and O–H groups in total. The molecule has 4 aromatic carbocycles. The largest absolute Gasteiger partial charge is 0.508 e. The molecule has 0 spiro atoms. The van der Waals surface area contributed by atoms with E-state index in [9.17, 15) is 29.4 Å². The number of rotatable bonds is 13. The summed E-state index contributed by atoms with van der Waals surface area (Å²) in [5.74, 6) is -2.87. The van der Waals surface area contributed by atoms with Crippen LogP contribution in [0.2, 0.25) is 0 Å². The number of aryl methyl sites for hydroxylation is 2. The average molecular weight is 625 g/mol. The highest BCUT2D eigenvalue weighted by Gasteiger charge is 2.29. The molecule has 46 heavy (non-hydrogen) atoms. The summed E-state index contributed by atoms with van der Waals surface area (Å²) in [7, 11) is 1.42. The quantitative estimate of drug-likeness (QED) is 0.153. The minimum absolute atomic E-state index is 0.00152.